The molecule has 0 aliphatic carbocycles. The first-order valence-electron chi connectivity index (χ1n) is 6.71. The minimum Gasteiger partial charge on any atom is -0.487 e. The predicted octanol–water partition coefficient (Wildman–Crippen LogP) is 3.39. The first-order valence-corrected chi connectivity index (χ1v) is 6.71. The Kier molecular flexibility index (Phi) is 4.23. The largest absolute Gasteiger partial charge is 0.487 e. The summed E-state index contributed by atoms with van der Waals surface area (Å²) in [5.41, 5.74) is 2.06. The number of rotatable bonds is 4. The highest BCUT2D eigenvalue weighted by atomic mass is 16.5. The van der Waals surface area contributed by atoms with Gasteiger partial charge in [0.05, 0.1) is 18.1 Å². The van der Waals surface area contributed by atoms with Crippen LogP contribution in [0.25, 0.3) is 0 Å². The second-order valence-electron chi connectivity index (χ2n) is 5.68. The molecule has 0 amide bonds. The lowest BCUT2D eigenvalue weighted by molar-refractivity contribution is 0.292. The van der Waals surface area contributed by atoms with Crippen molar-refractivity contribution in [3.8, 4) is 5.75 Å². The molecule has 2 aromatic rings. The quantitative estimate of drug-likeness (QED) is 0.926. The molecule has 0 saturated heterocycles. The monoisotopic (exact) mass is 271 g/mol. The van der Waals surface area contributed by atoms with Gasteiger partial charge in [-0.25, -0.2) is 4.98 Å². The average Bonchev–Trinajstić information content (AvgIpc) is 2.45. The molecule has 1 aromatic heterocycles. The van der Waals surface area contributed by atoms with E-state index in [2.05, 4.69) is 42.1 Å². The zero-order valence-electron chi connectivity index (χ0n) is 12.5. The molecule has 0 atom stereocenters. The highest BCUT2D eigenvalue weighted by molar-refractivity contribution is 5.38. The van der Waals surface area contributed by atoms with E-state index in [1.54, 1.807) is 12.4 Å². The zero-order chi connectivity index (χ0) is 14.6. The molecule has 0 aliphatic heterocycles. The molecule has 0 radical (unpaired) electrons. The Labute approximate surface area is 120 Å². The van der Waals surface area contributed by atoms with Crippen molar-refractivity contribution < 1.29 is 4.74 Å². The minimum absolute atomic E-state index is 0.0538. The number of nitrogens with one attached hydrogen (secondary N) is 1. The Balaban J connectivity index is 2.10. The number of aromatic nitrogens is 2. The van der Waals surface area contributed by atoms with E-state index in [9.17, 15) is 0 Å². The van der Waals surface area contributed by atoms with Gasteiger partial charge in [-0.05, 0) is 17.0 Å². The molecule has 20 heavy (non-hydrogen) atoms. The van der Waals surface area contributed by atoms with E-state index < -0.39 is 0 Å². The van der Waals surface area contributed by atoms with Gasteiger partial charge >= 0.3 is 0 Å². The Morgan fingerprint density at radius 1 is 1.10 bits per heavy atom. The Morgan fingerprint density at radius 2 is 1.85 bits per heavy atom. The summed E-state index contributed by atoms with van der Waals surface area (Å²) in [6, 6.07) is 8.12. The Morgan fingerprint density at radius 3 is 2.45 bits per heavy atom. The van der Waals surface area contributed by atoms with Gasteiger partial charge in [-0.1, -0.05) is 39.0 Å². The number of anilines is 1. The number of hydrogen-bond donors (Lipinski definition) is 1. The summed E-state index contributed by atoms with van der Waals surface area (Å²) in [4.78, 5) is 8.53. The van der Waals surface area contributed by atoms with E-state index in [-0.39, 0.29) is 5.41 Å². The molecule has 106 valence electrons. The molecule has 0 saturated carbocycles. The van der Waals surface area contributed by atoms with Gasteiger partial charge in [0, 0.05) is 7.05 Å². The lowest BCUT2D eigenvalue weighted by Gasteiger charge is -2.22. The third-order valence-corrected chi connectivity index (χ3v) is 3.03. The predicted molar refractivity (Wildman–Crippen MR) is 81.1 cm³/mol. The van der Waals surface area contributed by atoms with Gasteiger partial charge in [-0.3, -0.25) is 4.98 Å². The molecule has 0 unspecified atom stereocenters. The highest BCUT2D eigenvalue weighted by Crippen LogP contribution is 2.31. The minimum atomic E-state index is 0.0538. The van der Waals surface area contributed by atoms with Gasteiger partial charge in [-0.15, -0.1) is 0 Å². The normalized spacial score (nSPS) is 11.2. The molecule has 0 aliphatic rings. The van der Waals surface area contributed by atoms with Gasteiger partial charge < -0.3 is 10.1 Å². The molecule has 0 spiro atoms. The van der Waals surface area contributed by atoms with Crippen LogP contribution in [0.1, 0.15) is 32.0 Å². The molecular weight excluding hydrogens is 250 g/mol. The molecule has 0 bridgehead atoms. The second kappa shape index (κ2) is 5.90. The molecule has 0 fully saturated rings. The summed E-state index contributed by atoms with van der Waals surface area (Å²) in [6.07, 6.45) is 3.43. The van der Waals surface area contributed by atoms with Crippen molar-refractivity contribution in [1.29, 1.82) is 0 Å². The van der Waals surface area contributed by atoms with Crippen molar-refractivity contribution >= 4 is 5.82 Å². The summed E-state index contributed by atoms with van der Waals surface area (Å²) >= 11 is 0. The van der Waals surface area contributed by atoms with E-state index in [4.69, 9.17) is 4.74 Å². The lowest BCUT2D eigenvalue weighted by atomic mass is 9.86. The van der Waals surface area contributed by atoms with Crippen LogP contribution >= 0.6 is 0 Å². The van der Waals surface area contributed by atoms with Crippen molar-refractivity contribution in [3.05, 3.63) is 47.9 Å². The third kappa shape index (κ3) is 3.47. The van der Waals surface area contributed by atoms with Gasteiger partial charge in [0.1, 0.15) is 18.2 Å². The smallest absolute Gasteiger partial charge is 0.144 e. The number of ether oxygens (including phenoxy) is 1. The van der Waals surface area contributed by atoms with Crippen LogP contribution in [0.3, 0.4) is 0 Å². The van der Waals surface area contributed by atoms with Crippen molar-refractivity contribution in [2.45, 2.75) is 32.8 Å². The maximum atomic E-state index is 5.90. The van der Waals surface area contributed by atoms with E-state index in [0.717, 1.165) is 17.3 Å². The highest BCUT2D eigenvalue weighted by Gasteiger charge is 2.18. The van der Waals surface area contributed by atoms with Gasteiger partial charge in [0.15, 0.2) is 0 Å². The summed E-state index contributed by atoms with van der Waals surface area (Å²) in [6.45, 7) is 6.95. The van der Waals surface area contributed by atoms with Crippen molar-refractivity contribution in [2.24, 2.45) is 0 Å². The van der Waals surface area contributed by atoms with Crippen LogP contribution < -0.4 is 10.1 Å². The Bertz CT molecular complexity index is 559. The van der Waals surface area contributed by atoms with E-state index in [1.165, 1.54) is 5.56 Å². The summed E-state index contributed by atoms with van der Waals surface area (Å²) in [5, 5.41) is 2.94. The van der Waals surface area contributed by atoms with Crippen molar-refractivity contribution in [1.82, 2.24) is 9.97 Å². The molecule has 4 nitrogen and oxygen atoms in total. The molecule has 1 aromatic carbocycles. The summed E-state index contributed by atoms with van der Waals surface area (Å²) in [5.74, 6) is 1.66. The average molecular weight is 271 g/mol. The first kappa shape index (κ1) is 14.3. The van der Waals surface area contributed by atoms with Gasteiger partial charge in [0.2, 0.25) is 0 Å². The van der Waals surface area contributed by atoms with Crippen molar-refractivity contribution in [2.75, 3.05) is 12.4 Å². The SMILES string of the molecule is CNc1cnc(COc2ccccc2C(C)(C)C)cn1. The number of nitrogens with zero attached hydrogens (tertiary/aromatic N) is 2. The number of para-hydroxylation sites is 1. The second-order valence-corrected chi connectivity index (χ2v) is 5.68. The maximum absolute atomic E-state index is 5.90. The van der Waals surface area contributed by atoms with Gasteiger partial charge in [-0.2, -0.15) is 0 Å². The van der Waals surface area contributed by atoms with Gasteiger partial charge in [0.25, 0.3) is 0 Å². The van der Waals surface area contributed by atoms with Crippen LogP contribution in [-0.4, -0.2) is 17.0 Å². The van der Waals surface area contributed by atoms with Crippen LogP contribution in [0.15, 0.2) is 36.7 Å². The van der Waals surface area contributed by atoms with E-state index in [0.29, 0.717) is 6.61 Å². The summed E-state index contributed by atoms with van der Waals surface area (Å²) in [7, 11) is 1.82. The molecule has 4 heteroatoms. The van der Waals surface area contributed by atoms with Crippen LogP contribution in [0, 0.1) is 0 Å². The fourth-order valence-corrected chi connectivity index (χ4v) is 1.92. The fraction of sp³-hybridized carbons (Fsp3) is 0.375. The summed E-state index contributed by atoms with van der Waals surface area (Å²) < 4.78 is 5.90. The molecular formula is C16H21N3O. The molecule has 1 N–H and O–H groups in total. The first-order chi connectivity index (χ1) is 9.50. The zero-order valence-corrected chi connectivity index (χ0v) is 12.5. The molecule has 1 heterocycles. The topological polar surface area (TPSA) is 47.0 Å². The van der Waals surface area contributed by atoms with E-state index >= 15 is 0 Å². The molecule has 2 rings (SSSR count). The van der Waals surface area contributed by atoms with Crippen LogP contribution in [-0.2, 0) is 12.0 Å². The third-order valence-electron chi connectivity index (χ3n) is 3.03. The maximum Gasteiger partial charge on any atom is 0.144 e. The number of benzene rings is 1. The fourth-order valence-electron chi connectivity index (χ4n) is 1.92. The van der Waals surface area contributed by atoms with Crippen molar-refractivity contribution in [3.63, 3.8) is 0 Å². The lowest BCUT2D eigenvalue weighted by Crippen LogP contribution is -2.13. The number of hydrogen-bond acceptors (Lipinski definition) is 4. The van der Waals surface area contributed by atoms with Crippen LogP contribution in [0.5, 0.6) is 5.75 Å². The standard InChI is InChI=1S/C16H21N3O/c1-16(2,3)13-7-5-6-8-14(13)20-11-12-9-19-15(17-4)10-18-12/h5-10H,11H2,1-4H3,(H,17,19). The van der Waals surface area contributed by atoms with Crippen LogP contribution in [0.4, 0.5) is 5.82 Å². The van der Waals surface area contributed by atoms with Crippen LogP contribution in [0.2, 0.25) is 0 Å². The van der Waals surface area contributed by atoms with E-state index in [1.807, 2.05) is 25.2 Å². The Hall–Kier alpha value is -2.10.